The van der Waals surface area contributed by atoms with Crippen molar-refractivity contribution in [2.24, 2.45) is 0 Å². The van der Waals surface area contributed by atoms with Crippen LogP contribution >= 0.6 is 22.9 Å². The standard InChI is InChI=1S/C17H17ClN4OS/c1-3-4-16(23)20-15-9-11(2)21-22(15)17-19-14(10-24-17)12-5-7-13(18)8-6-12/h5-10H,3-4H2,1-2H3,(H,20,23). The van der Waals surface area contributed by atoms with Crippen molar-refractivity contribution in [3.63, 3.8) is 0 Å². The minimum atomic E-state index is -0.0202. The maximum atomic E-state index is 11.9. The highest BCUT2D eigenvalue weighted by Gasteiger charge is 2.14. The molecule has 0 unspecified atom stereocenters. The Labute approximate surface area is 149 Å². The van der Waals surface area contributed by atoms with Crippen LogP contribution in [-0.4, -0.2) is 20.7 Å². The van der Waals surface area contributed by atoms with E-state index in [0.29, 0.717) is 22.4 Å². The molecule has 0 aliphatic rings. The van der Waals surface area contributed by atoms with E-state index in [9.17, 15) is 4.79 Å². The number of anilines is 1. The van der Waals surface area contributed by atoms with Gasteiger partial charge in [0.2, 0.25) is 11.0 Å². The van der Waals surface area contributed by atoms with E-state index in [1.165, 1.54) is 11.3 Å². The summed E-state index contributed by atoms with van der Waals surface area (Å²) in [4.78, 5) is 16.5. The summed E-state index contributed by atoms with van der Waals surface area (Å²) in [6, 6.07) is 9.38. The molecule has 3 aromatic rings. The Morgan fingerprint density at radius 2 is 2.08 bits per heavy atom. The summed E-state index contributed by atoms with van der Waals surface area (Å²) in [6.45, 7) is 3.86. The highest BCUT2D eigenvalue weighted by atomic mass is 35.5. The molecule has 5 nitrogen and oxygen atoms in total. The van der Waals surface area contributed by atoms with E-state index in [2.05, 4.69) is 15.4 Å². The number of benzene rings is 1. The van der Waals surface area contributed by atoms with Crippen LogP contribution < -0.4 is 5.32 Å². The first-order chi connectivity index (χ1) is 11.6. The number of halogens is 1. The molecule has 0 bridgehead atoms. The number of amides is 1. The van der Waals surface area contributed by atoms with Gasteiger partial charge >= 0.3 is 0 Å². The van der Waals surface area contributed by atoms with Gasteiger partial charge in [-0.25, -0.2) is 4.98 Å². The number of hydrogen-bond acceptors (Lipinski definition) is 4. The summed E-state index contributed by atoms with van der Waals surface area (Å²) in [7, 11) is 0. The topological polar surface area (TPSA) is 59.8 Å². The Bertz CT molecular complexity index is 854. The van der Waals surface area contributed by atoms with Crippen LogP contribution in [0.2, 0.25) is 5.02 Å². The number of nitrogens with zero attached hydrogens (tertiary/aromatic N) is 3. The molecule has 1 aromatic carbocycles. The summed E-state index contributed by atoms with van der Waals surface area (Å²) < 4.78 is 1.67. The lowest BCUT2D eigenvalue weighted by atomic mass is 10.2. The van der Waals surface area contributed by atoms with Gasteiger partial charge in [0.1, 0.15) is 5.82 Å². The lowest BCUT2D eigenvalue weighted by Crippen LogP contribution is -2.14. The molecule has 7 heteroatoms. The summed E-state index contributed by atoms with van der Waals surface area (Å²) in [5.74, 6) is 0.621. The number of aryl methyl sites for hydroxylation is 1. The second kappa shape index (κ2) is 7.15. The molecule has 0 saturated carbocycles. The summed E-state index contributed by atoms with van der Waals surface area (Å²) in [5, 5.41) is 10.7. The van der Waals surface area contributed by atoms with Gasteiger partial charge in [0.05, 0.1) is 11.4 Å². The highest BCUT2D eigenvalue weighted by molar-refractivity contribution is 7.12. The van der Waals surface area contributed by atoms with Crippen LogP contribution in [0.5, 0.6) is 0 Å². The van der Waals surface area contributed by atoms with Crippen molar-refractivity contribution in [1.29, 1.82) is 0 Å². The van der Waals surface area contributed by atoms with E-state index in [4.69, 9.17) is 11.6 Å². The number of rotatable bonds is 5. The molecule has 0 spiro atoms. The van der Waals surface area contributed by atoms with Gasteiger partial charge in [-0.1, -0.05) is 30.7 Å². The van der Waals surface area contributed by atoms with Crippen molar-refractivity contribution in [2.75, 3.05) is 5.32 Å². The average Bonchev–Trinajstić information content (AvgIpc) is 3.15. The van der Waals surface area contributed by atoms with E-state index in [1.807, 2.05) is 49.6 Å². The van der Waals surface area contributed by atoms with Gasteiger partial charge in [0.15, 0.2) is 0 Å². The molecule has 0 fully saturated rings. The van der Waals surface area contributed by atoms with Crippen LogP contribution in [0.25, 0.3) is 16.4 Å². The molecule has 0 radical (unpaired) electrons. The summed E-state index contributed by atoms with van der Waals surface area (Å²) >= 11 is 7.40. The molecule has 0 atom stereocenters. The van der Waals surface area contributed by atoms with Crippen molar-refractivity contribution >= 4 is 34.7 Å². The Kier molecular flexibility index (Phi) is 4.97. The molecule has 2 aromatic heterocycles. The van der Waals surface area contributed by atoms with E-state index < -0.39 is 0 Å². The smallest absolute Gasteiger partial charge is 0.225 e. The molecule has 2 heterocycles. The van der Waals surface area contributed by atoms with Crippen LogP contribution in [0.4, 0.5) is 5.82 Å². The second-order valence-electron chi connectivity index (χ2n) is 5.40. The second-order valence-corrected chi connectivity index (χ2v) is 6.68. The zero-order valence-electron chi connectivity index (χ0n) is 13.4. The van der Waals surface area contributed by atoms with Gasteiger partial charge in [-0.2, -0.15) is 9.78 Å². The zero-order chi connectivity index (χ0) is 17.1. The molecule has 0 saturated heterocycles. The average molecular weight is 361 g/mol. The highest BCUT2D eigenvalue weighted by Crippen LogP contribution is 2.27. The molecular formula is C17H17ClN4OS. The fourth-order valence-electron chi connectivity index (χ4n) is 2.28. The molecule has 24 heavy (non-hydrogen) atoms. The largest absolute Gasteiger partial charge is 0.311 e. The van der Waals surface area contributed by atoms with Gasteiger partial charge in [-0.15, -0.1) is 11.3 Å². The lowest BCUT2D eigenvalue weighted by Gasteiger charge is -2.05. The van der Waals surface area contributed by atoms with Gasteiger partial charge in [-0.3, -0.25) is 4.79 Å². The molecule has 3 rings (SSSR count). The first-order valence-electron chi connectivity index (χ1n) is 7.65. The number of aromatic nitrogens is 3. The SMILES string of the molecule is CCCC(=O)Nc1cc(C)nn1-c1nc(-c2ccc(Cl)cc2)cs1. The number of carbonyl (C=O) groups excluding carboxylic acids is 1. The van der Waals surface area contributed by atoms with E-state index in [-0.39, 0.29) is 5.91 Å². The number of carbonyl (C=O) groups is 1. The Hall–Kier alpha value is -2.18. The third kappa shape index (κ3) is 3.66. The first-order valence-corrected chi connectivity index (χ1v) is 8.91. The van der Waals surface area contributed by atoms with Crippen molar-refractivity contribution in [3.8, 4) is 16.4 Å². The van der Waals surface area contributed by atoms with Gasteiger partial charge in [0, 0.05) is 28.5 Å². The normalized spacial score (nSPS) is 10.8. The molecule has 0 aliphatic heterocycles. The van der Waals surface area contributed by atoms with Gasteiger partial charge < -0.3 is 5.32 Å². The molecule has 1 N–H and O–H groups in total. The predicted octanol–water partition coefficient (Wildman–Crippen LogP) is 4.70. The van der Waals surface area contributed by atoms with Crippen LogP contribution in [0.3, 0.4) is 0 Å². The number of hydrogen-bond donors (Lipinski definition) is 1. The Balaban J connectivity index is 1.90. The third-order valence-corrected chi connectivity index (χ3v) is 4.46. The number of thiazole rings is 1. The molecular weight excluding hydrogens is 344 g/mol. The maximum Gasteiger partial charge on any atom is 0.225 e. The third-order valence-electron chi connectivity index (χ3n) is 3.39. The van der Waals surface area contributed by atoms with Crippen molar-refractivity contribution < 1.29 is 4.79 Å². The van der Waals surface area contributed by atoms with Crippen LogP contribution in [0.15, 0.2) is 35.7 Å². The van der Waals surface area contributed by atoms with E-state index in [0.717, 1.165) is 23.4 Å². The van der Waals surface area contributed by atoms with Crippen molar-refractivity contribution in [3.05, 3.63) is 46.4 Å². The van der Waals surface area contributed by atoms with Crippen molar-refractivity contribution in [1.82, 2.24) is 14.8 Å². The monoisotopic (exact) mass is 360 g/mol. The predicted molar refractivity (Wildman–Crippen MR) is 98.0 cm³/mol. The summed E-state index contributed by atoms with van der Waals surface area (Å²) in [5.41, 5.74) is 2.66. The Morgan fingerprint density at radius 1 is 1.33 bits per heavy atom. The van der Waals surface area contributed by atoms with Gasteiger partial charge in [0.25, 0.3) is 0 Å². The zero-order valence-corrected chi connectivity index (χ0v) is 15.0. The number of nitrogens with one attached hydrogen (secondary N) is 1. The fourth-order valence-corrected chi connectivity index (χ4v) is 3.20. The molecule has 124 valence electrons. The summed E-state index contributed by atoms with van der Waals surface area (Å²) in [6.07, 6.45) is 1.29. The maximum absolute atomic E-state index is 11.9. The van der Waals surface area contributed by atoms with Crippen LogP contribution in [-0.2, 0) is 4.79 Å². The molecule has 0 aliphatic carbocycles. The molecule has 1 amide bonds. The minimum absolute atomic E-state index is 0.0202. The van der Waals surface area contributed by atoms with Crippen molar-refractivity contribution in [2.45, 2.75) is 26.7 Å². The van der Waals surface area contributed by atoms with E-state index >= 15 is 0 Å². The quantitative estimate of drug-likeness (QED) is 0.717. The van der Waals surface area contributed by atoms with Crippen LogP contribution in [0, 0.1) is 6.92 Å². The fraction of sp³-hybridized carbons (Fsp3) is 0.235. The Morgan fingerprint density at radius 3 is 2.79 bits per heavy atom. The first kappa shape index (κ1) is 16.7. The van der Waals surface area contributed by atoms with Gasteiger partial charge in [-0.05, 0) is 25.5 Å². The minimum Gasteiger partial charge on any atom is -0.311 e. The lowest BCUT2D eigenvalue weighted by molar-refractivity contribution is -0.116. The van der Waals surface area contributed by atoms with Crippen LogP contribution in [0.1, 0.15) is 25.5 Å². The van der Waals surface area contributed by atoms with E-state index in [1.54, 1.807) is 4.68 Å².